The third-order valence-electron chi connectivity index (χ3n) is 4.52. The number of halogens is 1. The highest BCUT2D eigenvalue weighted by molar-refractivity contribution is 6.31. The van der Waals surface area contributed by atoms with Crippen molar-refractivity contribution in [3.8, 4) is 5.69 Å². The Balaban J connectivity index is 2.08. The molecule has 2 aromatic carbocycles. The minimum absolute atomic E-state index is 0.360. The van der Waals surface area contributed by atoms with Crippen molar-refractivity contribution in [2.75, 3.05) is 0 Å². The van der Waals surface area contributed by atoms with E-state index in [0.717, 1.165) is 48.0 Å². The lowest BCUT2D eigenvalue weighted by Crippen LogP contribution is -2.14. The molecule has 0 aliphatic carbocycles. The molecule has 0 aliphatic heterocycles. The van der Waals surface area contributed by atoms with Gasteiger partial charge in [-0.15, -0.1) is 10.2 Å². The van der Waals surface area contributed by atoms with E-state index in [1.165, 1.54) is 5.56 Å². The Morgan fingerprint density at radius 3 is 2.68 bits per heavy atom. The molecule has 0 spiro atoms. The van der Waals surface area contributed by atoms with Crippen LogP contribution in [0.25, 0.3) is 16.7 Å². The van der Waals surface area contributed by atoms with Gasteiger partial charge in [0.1, 0.15) is 11.0 Å². The Hall–Kier alpha value is -1.91. The average molecular weight is 358 g/mol. The zero-order valence-electron chi connectivity index (χ0n) is 14.7. The number of nitrogens with zero attached hydrogens (tertiary/aromatic N) is 3. The van der Waals surface area contributed by atoms with Crippen LogP contribution >= 0.6 is 11.6 Å². The van der Waals surface area contributed by atoms with Gasteiger partial charge in [-0.05, 0) is 54.7 Å². The lowest BCUT2D eigenvalue weighted by atomic mass is 9.95. The van der Waals surface area contributed by atoms with Crippen LogP contribution in [-0.4, -0.2) is 26.2 Å². The molecule has 3 rings (SSSR count). The Labute approximate surface area is 153 Å². The number of rotatable bonds is 7. The van der Waals surface area contributed by atoms with E-state index in [0.29, 0.717) is 11.4 Å². The molecule has 0 saturated heterocycles. The first kappa shape index (κ1) is 17.9. The van der Waals surface area contributed by atoms with E-state index in [-0.39, 0.29) is 6.10 Å². The number of fused-ring (bicyclic) bond motifs is 1. The molecule has 3 aromatic rings. The molecule has 0 fully saturated rings. The predicted molar refractivity (Wildman–Crippen MR) is 102 cm³/mol. The van der Waals surface area contributed by atoms with E-state index in [1.807, 2.05) is 37.3 Å². The van der Waals surface area contributed by atoms with E-state index in [9.17, 15) is 5.11 Å². The highest BCUT2D eigenvalue weighted by Crippen LogP contribution is 2.24. The second-order valence-electron chi connectivity index (χ2n) is 6.41. The minimum Gasteiger partial charge on any atom is -0.393 e. The largest absolute Gasteiger partial charge is 0.393 e. The predicted octanol–water partition coefficient (Wildman–Crippen LogP) is 4.73. The highest BCUT2D eigenvalue weighted by atomic mass is 35.5. The van der Waals surface area contributed by atoms with E-state index in [2.05, 4.69) is 23.2 Å². The molecule has 0 bridgehead atoms. The molecule has 1 aromatic heterocycles. The van der Waals surface area contributed by atoms with Crippen molar-refractivity contribution in [2.24, 2.45) is 0 Å². The van der Waals surface area contributed by atoms with Crippen LogP contribution < -0.4 is 0 Å². The third kappa shape index (κ3) is 4.02. The van der Waals surface area contributed by atoms with Crippen LogP contribution in [0.1, 0.15) is 44.2 Å². The van der Waals surface area contributed by atoms with E-state index in [1.54, 1.807) is 4.80 Å². The van der Waals surface area contributed by atoms with E-state index in [4.69, 9.17) is 11.6 Å². The van der Waals surface area contributed by atoms with Gasteiger partial charge in [0.05, 0.1) is 11.8 Å². The quantitative estimate of drug-likeness (QED) is 0.665. The Morgan fingerprint density at radius 1 is 1.12 bits per heavy atom. The van der Waals surface area contributed by atoms with Crippen LogP contribution in [0.2, 0.25) is 5.02 Å². The van der Waals surface area contributed by atoms with Crippen molar-refractivity contribution in [3.63, 3.8) is 0 Å². The summed E-state index contributed by atoms with van der Waals surface area (Å²) in [6.45, 7) is 4.19. The Morgan fingerprint density at radius 2 is 1.92 bits per heavy atom. The zero-order valence-corrected chi connectivity index (χ0v) is 15.5. The van der Waals surface area contributed by atoms with Crippen molar-refractivity contribution in [2.45, 2.75) is 52.1 Å². The van der Waals surface area contributed by atoms with Crippen LogP contribution in [0.5, 0.6) is 0 Å². The molecule has 4 nitrogen and oxygen atoms in total. The maximum atomic E-state index is 10.2. The zero-order chi connectivity index (χ0) is 17.8. The summed E-state index contributed by atoms with van der Waals surface area (Å²) in [6, 6.07) is 11.7. The summed E-state index contributed by atoms with van der Waals surface area (Å²) in [4.78, 5) is 1.67. The second-order valence-corrected chi connectivity index (χ2v) is 6.84. The number of hydrogen-bond acceptors (Lipinski definition) is 3. The molecule has 0 aliphatic rings. The lowest BCUT2D eigenvalue weighted by Gasteiger charge is -2.16. The van der Waals surface area contributed by atoms with Gasteiger partial charge in [-0.2, -0.15) is 4.80 Å². The summed E-state index contributed by atoms with van der Waals surface area (Å²) < 4.78 is 0. The number of aliphatic hydroxyl groups is 1. The first-order valence-electron chi connectivity index (χ1n) is 8.94. The minimum atomic E-state index is -0.360. The van der Waals surface area contributed by atoms with Crippen molar-refractivity contribution < 1.29 is 5.11 Å². The molecule has 1 unspecified atom stereocenters. The van der Waals surface area contributed by atoms with Gasteiger partial charge >= 0.3 is 0 Å². The van der Waals surface area contributed by atoms with Gasteiger partial charge in [0, 0.05) is 11.4 Å². The highest BCUT2D eigenvalue weighted by Gasteiger charge is 2.16. The van der Waals surface area contributed by atoms with Crippen LogP contribution in [-0.2, 0) is 12.8 Å². The van der Waals surface area contributed by atoms with Crippen molar-refractivity contribution in [3.05, 3.63) is 52.5 Å². The molecule has 1 atom stereocenters. The van der Waals surface area contributed by atoms with Gasteiger partial charge in [0.2, 0.25) is 0 Å². The molecule has 5 heteroatoms. The molecule has 0 saturated carbocycles. The van der Waals surface area contributed by atoms with Gasteiger partial charge in [0.25, 0.3) is 0 Å². The molecular weight excluding hydrogens is 334 g/mol. The fourth-order valence-corrected chi connectivity index (χ4v) is 3.19. The van der Waals surface area contributed by atoms with E-state index >= 15 is 0 Å². The maximum Gasteiger partial charge on any atom is 0.115 e. The van der Waals surface area contributed by atoms with Gasteiger partial charge in [-0.1, -0.05) is 44.0 Å². The number of hydrogen-bond donors (Lipinski definition) is 1. The number of aliphatic hydroxyl groups excluding tert-OH is 1. The SMILES string of the molecule is CCCCc1cccc(-n2nc3ccc(Cl)cc3n2)c1CC(O)CC. The first-order chi connectivity index (χ1) is 12.1. The van der Waals surface area contributed by atoms with Gasteiger partial charge in [-0.25, -0.2) is 0 Å². The Kier molecular flexibility index (Phi) is 5.71. The number of aryl methyl sites for hydroxylation is 1. The van der Waals surface area contributed by atoms with Crippen LogP contribution in [0.4, 0.5) is 0 Å². The smallest absolute Gasteiger partial charge is 0.115 e. The van der Waals surface area contributed by atoms with E-state index < -0.39 is 0 Å². The normalized spacial score (nSPS) is 12.6. The topological polar surface area (TPSA) is 50.9 Å². The van der Waals surface area contributed by atoms with Gasteiger partial charge in [0.15, 0.2) is 0 Å². The monoisotopic (exact) mass is 357 g/mol. The molecule has 0 radical (unpaired) electrons. The summed E-state index contributed by atoms with van der Waals surface area (Å²) in [7, 11) is 0. The van der Waals surface area contributed by atoms with Crippen molar-refractivity contribution in [1.29, 1.82) is 0 Å². The number of unbranched alkanes of at least 4 members (excludes halogenated alkanes) is 1. The fraction of sp³-hybridized carbons (Fsp3) is 0.400. The summed E-state index contributed by atoms with van der Waals surface area (Å²) in [6.07, 6.45) is 4.25. The second kappa shape index (κ2) is 7.98. The molecule has 132 valence electrons. The summed E-state index contributed by atoms with van der Waals surface area (Å²) in [5, 5.41) is 20.1. The van der Waals surface area contributed by atoms with Gasteiger partial charge in [-0.3, -0.25) is 0 Å². The standard InChI is InChI=1S/C20H24ClN3O/c1-3-5-7-14-8-6-9-20(17(14)13-16(25)4-2)24-22-18-11-10-15(21)12-19(18)23-24/h6,8-12,16,25H,3-5,7,13H2,1-2H3. The van der Waals surface area contributed by atoms with Crippen LogP contribution in [0, 0.1) is 0 Å². The van der Waals surface area contributed by atoms with Crippen molar-refractivity contribution >= 4 is 22.6 Å². The molecule has 25 heavy (non-hydrogen) atoms. The lowest BCUT2D eigenvalue weighted by molar-refractivity contribution is 0.170. The van der Waals surface area contributed by atoms with Crippen LogP contribution in [0.15, 0.2) is 36.4 Å². The number of benzene rings is 2. The van der Waals surface area contributed by atoms with Crippen molar-refractivity contribution in [1.82, 2.24) is 15.0 Å². The van der Waals surface area contributed by atoms with Gasteiger partial charge < -0.3 is 5.11 Å². The summed E-state index contributed by atoms with van der Waals surface area (Å²) >= 11 is 6.07. The summed E-state index contributed by atoms with van der Waals surface area (Å²) in [5.41, 5.74) is 4.93. The summed E-state index contributed by atoms with van der Waals surface area (Å²) in [5.74, 6) is 0. The Bertz CT molecular complexity index is 859. The molecular formula is C20H24ClN3O. The van der Waals surface area contributed by atoms with Crippen LogP contribution in [0.3, 0.4) is 0 Å². The average Bonchev–Trinajstić information content (AvgIpc) is 3.03. The molecule has 1 N–H and O–H groups in total. The number of aromatic nitrogens is 3. The fourth-order valence-electron chi connectivity index (χ4n) is 3.02. The molecule has 1 heterocycles. The maximum absolute atomic E-state index is 10.2. The third-order valence-corrected chi connectivity index (χ3v) is 4.75. The first-order valence-corrected chi connectivity index (χ1v) is 9.32. The molecule has 0 amide bonds.